The van der Waals surface area contributed by atoms with Gasteiger partial charge in [0, 0.05) is 19.8 Å². The molecule has 5 N–H and O–H groups in total. The molecule has 0 radical (unpaired) electrons. The van der Waals surface area contributed by atoms with E-state index < -0.39 is 20.5 Å². The molecule has 1 aliphatic heterocycles. The van der Waals surface area contributed by atoms with Gasteiger partial charge in [0.05, 0.1) is 16.5 Å². The number of hydroxylamine groups is 1. The number of aromatic nitrogens is 1. The molecule has 1 aromatic carbocycles. The van der Waals surface area contributed by atoms with Gasteiger partial charge in [-0.05, 0) is 50.5 Å². The molecule has 0 bridgehead atoms. The molecular formula is C20H26N4O7S2. The Bertz CT molecular complexity index is 1090. The number of carbonyl (C=O) groups is 2. The predicted octanol–water partition coefficient (Wildman–Crippen LogP) is 1.06. The van der Waals surface area contributed by atoms with E-state index in [1.807, 2.05) is 0 Å². The average Bonchev–Trinajstić information content (AvgIpc) is 3.16. The maximum absolute atomic E-state index is 13.2. The molecule has 1 fully saturated rings. The normalized spacial score (nSPS) is 15.6. The van der Waals surface area contributed by atoms with Crippen LogP contribution in [0.5, 0.6) is 5.75 Å². The van der Waals surface area contributed by atoms with E-state index in [-0.39, 0.29) is 49.3 Å². The number of aryl methyl sites for hydroxylation is 1. The van der Waals surface area contributed by atoms with Crippen LogP contribution in [0.3, 0.4) is 0 Å². The van der Waals surface area contributed by atoms with Crippen molar-refractivity contribution in [1.82, 2.24) is 15.8 Å². The lowest BCUT2D eigenvalue weighted by atomic mass is 9.98. The highest BCUT2D eigenvalue weighted by molar-refractivity contribution is 7.93. The van der Waals surface area contributed by atoms with Crippen LogP contribution in [-0.4, -0.2) is 61.5 Å². The molecule has 3 rings (SSSR count). The summed E-state index contributed by atoms with van der Waals surface area (Å²) in [7, 11) is -4.09. The van der Waals surface area contributed by atoms with Crippen molar-refractivity contribution in [2.45, 2.75) is 35.8 Å². The highest BCUT2D eigenvalue weighted by Crippen LogP contribution is 2.35. The number of nitrogens with zero attached hydrogens (tertiary/aromatic N) is 1. The number of thiazole rings is 1. The highest BCUT2D eigenvalue weighted by atomic mass is 32.2. The number of nitrogens with two attached hydrogens (primary N) is 1. The van der Waals surface area contributed by atoms with Crippen LogP contribution >= 0.6 is 11.3 Å². The van der Waals surface area contributed by atoms with Crippen LogP contribution in [-0.2, 0) is 19.4 Å². The maximum atomic E-state index is 13.2. The first-order valence-electron chi connectivity index (χ1n) is 10.2. The summed E-state index contributed by atoms with van der Waals surface area (Å²) in [5, 5.41) is 12.6. The summed E-state index contributed by atoms with van der Waals surface area (Å²) in [6.45, 7) is 2.62. The fraction of sp³-hybridized carbons (Fsp3) is 0.450. The van der Waals surface area contributed by atoms with E-state index in [2.05, 4.69) is 10.3 Å². The summed E-state index contributed by atoms with van der Waals surface area (Å²) in [5.41, 5.74) is 7.19. The van der Waals surface area contributed by atoms with Crippen molar-refractivity contribution in [1.29, 1.82) is 0 Å². The Balaban J connectivity index is 1.55. The molecule has 0 atom stereocenters. The zero-order chi connectivity index (χ0) is 24.1. The number of hydrogen-bond donors (Lipinski definition) is 4. The van der Waals surface area contributed by atoms with Gasteiger partial charge in [0.2, 0.25) is 0 Å². The second kappa shape index (κ2) is 10.5. The molecule has 2 aromatic rings. The molecule has 33 heavy (non-hydrogen) atoms. The Morgan fingerprint density at radius 3 is 2.52 bits per heavy atom. The molecule has 2 amide bonds. The zero-order valence-electron chi connectivity index (χ0n) is 18.0. The molecule has 1 saturated heterocycles. The molecule has 2 heterocycles. The Morgan fingerprint density at radius 1 is 1.27 bits per heavy atom. The number of amides is 2. The van der Waals surface area contributed by atoms with Gasteiger partial charge in [-0.15, -0.1) is 11.3 Å². The van der Waals surface area contributed by atoms with Crippen LogP contribution in [0.1, 0.15) is 33.9 Å². The second-order valence-corrected chi connectivity index (χ2v) is 10.9. The van der Waals surface area contributed by atoms with Gasteiger partial charge >= 0.3 is 0 Å². The van der Waals surface area contributed by atoms with Gasteiger partial charge in [0.1, 0.15) is 16.4 Å². The minimum Gasteiger partial charge on any atom is -0.494 e. The number of hydrogen-bond acceptors (Lipinski definition) is 10. The summed E-state index contributed by atoms with van der Waals surface area (Å²) in [4.78, 5) is 28.7. The Kier molecular flexibility index (Phi) is 7.89. The summed E-state index contributed by atoms with van der Waals surface area (Å²) >= 11 is 1.23. The first-order chi connectivity index (χ1) is 15.7. The quantitative estimate of drug-likeness (QED) is 0.224. The van der Waals surface area contributed by atoms with Crippen molar-refractivity contribution >= 4 is 38.8 Å². The summed E-state index contributed by atoms with van der Waals surface area (Å²) < 4.78 is 35.4. The monoisotopic (exact) mass is 498 g/mol. The van der Waals surface area contributed by atoms with Gasteiger partial charge < -0.3 is 20.5 Å². The molecule has 0 spiro atoms. The number of ether oxygens (including phenoxy) is 2. The van der Waals surface area contributed by atoms with Gasteiger partial charge in [-0.3, -0.25) is 14.8 Å². The van der Waals surface area contributed by atoms with Crippen LogP contribution in [0.25, 0.3) is 0 Å². The minimum absolute atomic E-state index is 0.0509. The summed E-state index contributed by atoms with van der Waals surface area (Å²) in [6.07, 6.45) is 0.403. The van der Waals surface area contributed by atoms with Gasteiger partial charge in [0.15, 0.2) is 14.6 Å². The van der Waals surface area contributed by atoms with E-state index in [9.17, 15) is 18.0 Å². The van der Waals surface area contributed by atoms with E-state index >= 15 is 0 Å². The zero-order valence-corrected chi connectivity index (χ0v) is 19.6. The van der Waals surface area contributed by atoms with Gasteiger partial charge in [-0.2, -0.15) is 0 Å². The number of carbonyl (C=O) groups excluding carboxylic acids is 2. The summed E-state index contributed by atoms with van der Waals surface area (Å²) in [6, 6.07) is 5.72. The first kappa shape index (κ1) is 24.9. The Labute approximate surface area is 195 Å². The lowest BCUT2D eigenvalue weighted by Crippen LogP contribution is -2.54. The third kappa shape index (κ3) is 5.27. The molecule has 0 unspecified atom stereocenters. The number of rotatable bonds is 9. The first-order valence-corrected chi connectivity index (χ1v) is 12.5. The van der Waals surface area contributed by atoms with E-state index in [4.69, 9.17) is 20.4 Å². The van der Waals surface area contributed by atoms with Crippen molar-refractivity contribution in [2.75, 3.05) is 32.1 Å². The molecule has 1 aliphatic rings. The third-order valence-electron chi connectivity index (χ3n) is 5.31. The van der Waals surface area contributed by atoms with Crippen LogP contribution in [0.15, 0.2) is 29.2 Å². The number of anilines is 1. The van der Waals surface area contributed by atoms with E-state index in [1.54, 1.807) is 6.92 Å². The Morgan fingerprint density at radius 2 is 1.94 bits per heavy atom. The van der Waals surface area contributed by atoms with E-state index in [0.717, 1.165) is 0 Å². The lowest BCUT2D eigenvalue weighted by Gasteiger charge is -2.34. The SMILES string of the molecule is Cc1nc(N)c(C(=O)NCCCOc2ccc(S(=O)(=O)C3(C(=O)NO)CCOCC3)cc2)s1. The number of sulfone groups is 1. The third-order valence-corrected chi connectivity index (χ3v) is 8.81. The van der Waals surface area contributed by atoms with E-state index in [0.29, 0.717) is 28.6 Å². The highest BCUT2D eigenvalue weighted by Gasteiger charge is 2.52. The van der Waals surface area contributed by atoms with Crippen molar-refractivity contribution < 1.29 is 32.7 Å². The van der Waals surface area contributed by atoms with Crippen molar-refractivity contribution in [3.05, 3.63) is 34.2 Å². The van der Waals surface area contributed by atoms with Crippen LogP contribution in [0.2, 0.25) is 0 Å². The van der Waals surface area contributed by atoms with Crippen molar-refractivity contribution in [3.8, 4) is 5.75 Å². The predicted molar refractivity (Wildman–Crippen MR) is 120 cm³/mol. The molecule has 1 aromatic heterocycles. The van der Waals surface area contributed by atoms with Crippen LogP contribution < -0.4 is 21.3 Å². The van der Waals surface area contributed by atoms with Gasteiger partial charge in [-0.1, -0.05) is 0 Å². The fourth-order valence-corrected chi connectivity index (χ4v) is 6.21. The minimum atomic E-state index is -4.09. The lowest BCUT2D eigenvalue weighted by molar-refractivity contribution is -0.134. The van der Waals surface area contributed by atoms with Crippen LogP contribution in [0, 0.1) is 6.92 Å². The molecule has 11 nitrogen and oxygen atoms in total. The van der Waals surface area contributed by atoms with E-state index in [1.165, 1.54) is 41.1 Å². The summed E-state index contributed by atoms with van der Waals surface area (Å²) in [5.74, 6) is -0.611. The maximum Gasteiger partial charge on any atom is 0.265 e. The Hall–Kier alpha value is -2.74. The van der Waals surface area contributed by atoms with Crippen molar-refractivity contribution in [2.24, 2.45) is 0 Å². The molecule has 0 aliphatic carbocycles. The van der Waals surface area contributed by atoms with Gasteiger partial charge in [-0.25, -0.2) is 18.9 Å². The molecule has 180 valence electrons. The average molecular weight is 499 g/mol. The molecule has 13 heteroatoms. The number of nitrogens with one attached hydrogen (secondary N) is 2. The second-order valence-electron chi connectivity index (χ2n) is 7.43. The fourth-order valence-electron chi connectivity index (χ4n) is 3.51. The topological polar surface area (TPSA) is 170 Å². The van der Waals surface area contributed by atoms with Crippen molar-refractivity contribution in [3.63, 3.8) is 0 Å². The molecule has 0 saturated carbocycles. The smallest absolute Gasteiger partial charge is 0.265 e. The largest absolute Gasteiger partial charge is 0.494 e. The number of benzene rings is 1. The standard InChI is InChI=1S/C20H26N4O7S2/c1-13-23-17(21)16(32-13)18(25)22-9-2-10-31-14-3-5-15(6-4-14)33(28,29)20(19(26)24-27)7-11-30-12-8-20/h3-6,27H,2,7-12,21H2,1H3,(H,22,25)(H,24,26). The van der Waals surface area contributed by atoms with Crippen LogP contribution in [0.4, 0.5) is 5.82 Å². The number of nitrogen functional groups attached to an aromatic ring is 1. The molecular weight excluding hydrogens is 472 g/mol. The van der Waals surface area contributed by atoms with Gasteiger partial charge in [0.25, 0.3) is 11.8 Å².